The molecule has 0 unspecified atom stereocenters. The Kier molecular flexibility index (Phi) is 4.26. The van der Waals surface area contributed by atoms with Crippen molar-refractivity contribution in [1.82, 2.24) is 0 Å². The van der Waals surface area contributed by atoms with Crippen LogP contribution in [-0.4, -0.2) is 18.3 Å². The molecule has 0 bridgehead atoms. The second-order valence-corrected chi connectivity index (χ2v) is 2.81. The van der Waals surface area contributed by atoms with Gasteiger partial charge in [0, 0.05) is 0 Å². The Labute approximate surface area is 84.3 Å². The van der Waals surface area contributed by atoms with Gasteiger partial charge in [0.25, 0.3) is 0 Å². The van der Waals surface area contributed by atoms with Crippen molar-refractivity contribution in [3.05, 3.63) is 23.8 Å². The Morgan fingerprint density at radius 2 is 1.71 bits per heavy atom. The minimum atomic E-state index is 0.0203. The highest BCUT2D eigenvalue weighted by atomic mass is 16.5. The van der Waals surface area contributed by atoms with Gasteiger partial charge in [0.05, 0.1) is 19.8 Å². The van der Waals surface area contributed by atoms with Crippen molar-refractivity contribution in [2.45, 2.75) is 20.5 Å². The average Bonchev–Trinajstić information content (AvgIpc) is 2.21. The molecule has 0 radical (unpaired) electrons. The molecule has 0 fully saturated rings. The SMILES string of the molecule is CCOc1ccc(CO)cc1OCC. The summed E-state index contributed by atoms with van der Waals surface area (Å²) in [7, 11) is 0. The molecule has 14 heavy (non-hydrogen) atoms. The molecule has 0 aliphatic carbocycles. The number of rotatable bonds is 5. The number of hydrogen-bond donors (Lipinski definition) is 1. The van der Waals surface area contributed by atoms with Crippen LogP contribution < -0.4 is 9.47 Å². The smallest absolute Gasteiger partial charge is 0.161 e. The molecule has 1 N–H and O–H groups in total. The summed E-state index contributed by atoms with van der Waals surface area (Å²) >= 11 is 0. The lowest BCUT2D eigenvalue weighted by Gasteiger charge is -2.11. The summed E-state index contributed by atoms with van der Waals surface area (Å²) in [6, 6.07) is 5.45. The first kappa shape index (κ1) is 10.9. The van der Waals surface area contributed by atoms with E-state index in [1.807, 2.05) is 26.0 Å². The normalized spacial score (nSPS) is 9.93. The maximum absolute atomic E-state index is 8.95. The molecule has 0 atom stereocenters. The molecule has 0 aliphatic heterocycles. The van der Waals surface area contributed by atoms with Gasteiger partial charge in [-0.25, -0.2) is 0 Å². The number of benzene rings is 1. The van der Waals surface area contributed by atoms with Gasteiger partial charge in [-0.15, -0.1) is 0 Å². The third-order valence-corrected chi connectivity index (χ3v) is 1.79. The Bertz CT molecular complexity index is 284. The zero-order valence-electron chi connectivity index (χ0n) is 8.62. The molecule has 0 aromatic heterocycles. The van der Waals surface area contributed by atoms with Crippen molar-refractivity contribution in [2.75, 3.05) is 13.2 Å². The molecule has 3 heteroatoms. The summed E-state index contributed by atoms with van der Waals surface area (Å²) in [6.45, 7) is 5.07. The fraction of sp³-hybridized carbons (Fsp3) is 0.455. The summed E-state index contributed by atoms with van der Waals surface area (Å²) in [4.78, 5) is 0. The molecule has 0 heterocycles. The highest BCUT2D eigenvalue weighted by Crippen LogP contribution is 2.28. The summed E-state index contributed by atoms with van der Waals surface area (Å²) in [6.07, 6.45) is 0. The highest BCUT2D eigenvalue weighted by Gasteiger charge is 2.04. The van der Waals surface area contributed by atoms with Crippen LogP contribution in [0.2, 0.25) is 0 Å². The van der Waals surface area contributed by atoms with Crippen LogP contribution in [0.3, 0.4) is 0 Å². The van der Waals surface area contributed by atoms with Gasteiger partial charge in [-0.2, -0.15) is 0 Å². The molecule has 0 amide bonds. The van der Waals surface area contributed by atoms with Gasteiger partial charge in [-0.05, 0) is 31.5 Å². The van der Waals surface area contributed by atoms with Gasteiger partial charge in [-0.3, -0.25) is 0 Å². The maximum atomic E-state index is 8.95. The third-order valence-electron chi connectivity index (χ3n) is 1.79. The monoisotopic (exact) mass is 196 g/mol. The van der Waals surface area contributed by atoms with Crippen molar-refractivity contribution in [3.8, 4) is 11.5 Å². The molecule has 0 aliphatic rings. The Morgan fingerprint density at radius 3 is 2.29 bits per heavy atom. The molecular weight excluding hydrogens is 180 g/mol. The minimum absolute atomic E-state index is 0.0203. The van der Waals surface area contributed by atoms with Crippen LogP contribution in [-0.2, 0) is 6.61 Å². The molecule has 0 saturated carbocycles. The molecule has 1 rings (SSSR count). The second kappa shape index (κ2) is 5.50. The van der Waals surface area contributed by atoms with E-state index in [0.29, 0.717) is 19.0 Å². The lowest BCUT2D eigenvalue weighted by atomic mass is 10.2. The topological polar surface area (TPSA) is 38.7 Å². The molecule has 0 saturated heterocycles. The van der Waals surface area contributed by atoms with Crippen LogP contribution in [0.4, 0.5) is 0 Å². The summed E-state index contributed by atoms with van der Waals surface area (Å²) in [5.74, 6) is 1.42. The largest absolute Gasteiger partial charge is 0.490 e. The number of aliphatic hydroxyl groups excluding tert-OH is 1. The van der Waals surface area contributed by atoms with Crippen molar-refractivity contribution in [1.29, 1.82) is 0 Å². The first-order chi connectivity index (χ1) is 6.81. The van der Waals surface area contributed by atoms with Crippen molar-refractivity contribution < 1.29 is 14.6 Å². The fourth-order valence-corrected chi connectivity index (χ4v) is 1.19. The van der Waals surface area contributed by atoms with Crippen LogP contribution in [0.5, 0.6) is 11.5 Å². The van der Waals surface area contributed by atoms with Gasteiger partial charge in [0.2, 0.25) is 0 Å². The van der Waals surface area contributed by atoms with Gasteiger partial charge in [-0.1, -0.05) is 6.07 Å². The van der Waals surface area contributed by atoms with Crippen molar-refractivity contribution >= 4 is 0 Å². The molecular formula is C11H16O3. The predicted octanol–water partition coefficient (Wildman–Crippen LogP) is 1.98. The van der Waals surface area contributed by atoms with E-state index >= 15 is 0 Å². The summed E-state index contributed by atoms with van der Waals surface area (Å²) in [5, 5.41) is 8.95. The number of aliphatic hydroxyl groups is 1. The lowest BCUT2D eigenvalue weighted by molar-refractivity contribution is 0.273. The first-order valence-electron chi connectivity index (χ1n) is 4.81. The van der Waals surface area contributed by atoms with Crippen molar-refractivity contribution in [3.63, 3.8) is 0 Å². The average molecular weight is 196 g/mol. The Morgan fingerprint density at radius 1 is 1.07 bits per heavy atom. The van der Waals surface area contributed by atoms with Crippen LogP contribution >= 0.6 is 0 Å². The molecule has 0 spiro atoms. The highest BCUT2D eigenvalue weighted by molar-refractivity contribution is 5.42. The summed E-state index contributed by atoms with van der Waals surface area (Å²) in [5.41, 5.74) is 0.830. The minimum Gasteiger partial charge on any atom is -0.490 e. The van der Waals surface area contributed by atoms with Gasteiger partial charge in [0.1, 0.15) is 0 Å². The van der Waals surface area contributed by atoms with E-state index in [4.69, 9.17) is 14.6 Å². The standard InChI is InChI=1S/C11H16O3/c1-3-13-10-6-5-9(8-12)7-11(10)14-4-2/h5-7,12H,3-4,8H2,1-2H3. The summed E-state index contributed by atoms with van der Waals surface area (Å²) < 4.78 is 10.8. The molecule has 78 valence electrons. The maximum Gasteiger partial charge on any atom is 0.161 e. The predicted molar refractivity (Wildman–Crippen MR) is 54.7 cm³/mol. The van der Waals surface area contributed by atoms with E-state index in [-0.39, 0.29) is 6.61 Å². The van der Waals surface area contributed by atoms with Crippen LogP contribution in [0, 0.1) is 0 Å². The Balaban J connectivity index is 2.91. The van der Waals surface area contributed by atoms with Crippen LogP contribution in [0.25, 0.3) is 0 Å². The number of hydrogen-bond acceptors (Lipinski definition) is 3. The quantitative estimate of drug-likeness (QED) is 0.782. The zero-order valence-corrected chi connectivity index (χ0v) is 8.62. The van der Waals surface area contributed by atoms with Gasteiger partial charge in [0.15, 0.2) is 11.5 Å². The van der Waals surface area contributed by atoms with E-state index in [2.05, 4.69) is 0 Å². The van der Waals surface area contributed by atoms with Crippen molar-refractivity contribution in [2.24, 2.45) is 0 Å². The van der Waals surface area contributed by atoms with Crippen LogP contribution in [0.15, 0.2) is 18.2 Å². The van der Waals surface area contributed by atoms with E-state index < -0.39 is 0 Å². The second-order valence-electron chi connectivity index (χ2n) is 2.81. The molecule has 1 aromatic carbocycles. The van der Waals surface area contributed by atoms with Gasteiger partial charge < -0.3 is 14.6 Å². The fourth-order valence-electron chi connectivity index (χ4n) is 1.19. The Hall–Kier alpha value is -1.22. The first-order valence-corrected chi connectivity index (χ1v) is 4.81. The van der Waals surface area contributed by atoms with Crippen LogP contribution in [0.1, 0.15) is 19.4 Å². The van der Waals surface area contributed by atoms with E-state index in [0.717, 1.165) is 11.3 Å². The van der Waals surface area contributed by atoms with E-state index in [9.17, 15) is 0 Å². The van der Waals surface area contributed by atoms with E-state index in [1.165, 1.54) is 0 Å². The molecule has 1 aromatic rings. The molecule has 3 nitrogen and oxygen atoms in total. The third kappa shape index (κ3) is 2.64. The van der Waals surface area contributed by atoms with Gasteiger partial charge >= 0.3 is 0 Å². The number of ether oxygens (including phenoxy) is 2. The zero-order chi connectivity index (χ0) is 10.4. The van der Waals surface area contributed by atoms with E-state index in [1.54, 1.807) is 6.07 Å². The lowest BCUT2D eigenvalue weighted by Crippen LogP contribution is -1.99.